The largest absolute Gasteiger partial charge is 0.483 e. The molecule has 4 saturated carbocycles. The molecule has 1 saturated heterocycles. The highest BCUT2D eigenvalue weighted by Crippen LogP contribution is 2.65. The lowest BCUT2D eigenvalue weighted by Gasteiger charge is -2.59. The summed E-state index contributed by atoms with van der Waals surface area (Å²) in [5, 5.41) is 10.3. The van der Waals surface area contributed by atoms with Crippen molar-refractivity contribution in [1.29, 1.82) is 0 Å². The van der Waals surface area contributed by atoms with E-state index in [1.54, 1.807) is 0 Å². The number of allylic oxidation sites excluding steroid dienone is 1. The standard InChI is InChI=1S/C25H37NO2.CH2O2/c1-24-10-7-16(3-4-17-9-12-26-15-17)13-21(24)22(27)14-18-19-5-6-23(28)25(19,2)11-8-20(18)24;2-1-3/h3-4,16-21,26H,5-15H2,1-2H3;1H,(H,2,3)/b4-3-;/t16-,17-,18+,19+,20+,21?,24-,25+;/m1./s1. The Balaban J connectivity index is 0.000000730. The van der Waals surface area contributed by atoms with E-state index in [0.29, 0.717) is 41.2 Å². The normalized spacial score (nSPS) is 46.6. The molecule has 4 aliphatic carbocycles. The first-order chi connectivity index (χ1) is 14.8. The second-order valence-electron chi connectivity index (χ2n) is 11.3. The monoisotopic (exact) mass is 429 g/mol. The molecular formula is C26H39NO4. The fourth-order valence-corrected chi connectivity index (χ4v) is 8.17. The van der Waals surface area contributed by atoms with E-state index in [1.807, 2.05) is 0 Å². The van der Waals surface area contributed by atoms with Crippen LogP contribution in [0.2, 0.25) is 0 Å². The summed E-state index contributed by atoms with van der Waals surface area (Å²) in [6.07, 6.45) is 14.4. The van der Waals surface area contributed by atoms with Crippen molar-refractivity contribution in [2.45, 2.75) is 71.6 Å². The molecule has 5 nitrogen and oxygen atoms in total. The van der Waals surface area contributed by atoms with E-state index in [2.05, 4.69) is 31.3 Å². The first kappa shape index (κ1) is 22.7. The zero-order valence-corrected chi connectivity index (χ0v) is 19.1. The Morgan fingerprint density at radius 2 is 1.74 bits per heavy atom. The van der Waals surface area contributed by atoms with Gasteiger partial charge in [0.05, 0.1) is 0 Å². The number of fused-ring (bicyclic) bond motifs is 5. The Morgan fingerprint density at radius 3 is 2.45 bits per heavy atom. The van der Waals surface area contributed by atoms with Gasteiger partial charge in [-0.25, -0.2) is 0 Å². The first-order valence-electron chi connectivity index (χ1n) is 12.4. The molecule has 2 N–H and O–H groups in total. The Labute approximate surface area is 186 Å². The van der Waals surface area contributed by atoms with E-state index in [1.165, 1.54) is 19.3 Å². The molecular weight excluding hydrogens is 390 g/mol. The summed E-state index contributed by atoms with van der Waals surface area (Å²) < 4.78 is 0. The van der Waals surface area contributed by atoms with Crippen molar-refractivity contribution in [2.75, 3.05) is 13.1 Å². The van der Waals surface area contributed by atoms with Crippen molar-refractivity contribution < 1.29 is 19.5 Å². The molecule has 0 spiro atoms. The second-order valence-corrected chi connectivity index (χ2v) is 11.3. The maximum absolute atomic E-state index is 13.4. The Hall–Kier alpha value is -1.49. The molecule has 0 radical (unpaired) electrons. The third-order valence-corrected chi connectivity index (χ3v) is 9.96. The SMILES string of the molecule is C[C@]12CC[C@@H](/C=C\[C@@H]3CCNC3)CC1C(=O)C[C@@H]1[C@@H]2CC[C@]2(C)C(=O)CC[C@@H]12.O=CO. The van der Waals surface area contributed by atoms with Crippen molar-refractivity contribution in [2.24, 2.45) is 46.3 Å². The molecule has 0 bridgehead atoms. The fourth-order valence-electron chi connectivity index (χ4n) is 8.17. The summed E-state index contributed by atoms with van der Waals surface area (Å²) in [5.41, 5.74) is 0.0477. The van der Waals surface area contributed by atoms with E-state index in [9.17, 15) is 9.59 Å². The number of hydrogen-bond donors (Lipinski definition) is 2. The van der Waals surface area contributed by atoms with Crippen molar-refractivity contribution in [3.05, 3.63) is 12.2 Å². The highest BCUT2D eigenvalue weighted by Gasteiger charge is 2.62. The molecule has 8 atom stereocenters. The molecule has 0 amide bonds. The molecule has 5 heteroatoms. The predicted octanol–water partition coefficient (Wildman–Crippen LogP) is 4.26. The minimum atomic E-state index is -0.250. The quantitative estimate of drug-likeness (QED) is 0.506. The van der Waals surface area contributed by atoms with Crippen LogP contribution in [-0.4, -0.2) is 36.2 Å². The van der Waals surface area contributed by atoms with Gasteiger partial charge in [0.1, 0.15) is 11.6 Å². The summed E-state index contributed by atoms with van der Waals surface area (Å²) in [7, 11) is 0. The van der Waals surface area contributed by atoms with Crippen LogP contribution < -0.4 is 5.32 Å². The number of rotatable bonds is 2. The van der Waals surface area contributed by atoms with Crippen LogP contribution in [0.5, 0.6) is 0 Å². The van der Waals surface area contributed by atoms with Crippen molar-refractivity contribution in [1.82, 2.24) is 5.32 Å². The maximum atomic E-state index is 13.4. The molecule has 1 aliphatic heterocycles. The highest BCUT2D eigenvalue weighted by molar-refractivity contribution is 5.88. The van der Waals surface area contributed by atoms with E-state index >= 15 is 0 Å². The van der Waals surface area contributed by atoms with Crippen LogP contribution in [0, 0.1) is 46.3 Å². The third-order valence-electron chi connectivity index (χ3n) is 9.96. The fraction of sp³-hybridized carbons (Fsp3) is 0.808. The van der Waals surface area contributed by atoms with E-state index < -0.39 is 0 Å². The van der Waals surface area contributed by atoms with Gasteiger partial charge in [-0.3, -0.25) is 14.4 Å². The van der Waals surface area contributed by atoms with Gasteiger partial charge in [-0.1, -0.05) is 26.0 Å². The van der Waals surface area contributed by atoms with Gasteiger partial charge in [-0.05, 0) is 86.5 Å². The zero-order valence-electron chi connectivity index (χ0n) is 19.1. The molecule has 1 unspecified atom stereocenters. The van der Waals surface area contributed by atoms with Crippen LogP contribution in [0.15, 0.2) is 12.2 Å². The number of nitrogens with one attached hydrogen (secondary N) is 1. The van der Waals surface area contributed by atoms with Gasteiger partial charge in [0.2, 0.25) is 0 Å². The van der Waals surface area contributed by atoms with Gasteiger partial charge in [-0.15, -0.1) is 0 Å². The number of hydrogen-bond acceptors (Lipinski definition) is 4. The Morgan fingerprint density at radius 1 is 1.00 bits per heavy atom. The lowest BCUT2D eigenvalue weighted by molar-refractivity contribution is -0.157. The molecule has 0 aromatic carbocycles. The van der Waals surface area contributed by atoms with Gasteiger partial charge in [0.25, 0.3) is 6.47 Å². The van der Waals surface area contributed by atoms with Gasteiger partial charge >= 0.3 is 0 Å². The lowest BCUT2D eigenvalue weighted by atomic mass is 9.44. The topological polar surface area (TPSA) is 83.5 Å². The smallest absolute Gasteiger partial charge is 0.290 e. The molecule has 0 aromatic heterocycles. The molecule has 5 rings (SSSR count). The lowest BCUT2D eigenvalue weighted by Crippen LogP contribution is -2.56. The van der Waals surface area contributed by atoms with Gasteiger partial charge in [0.15, 0.2) is 0 Å². The van der Waals surface area contributed by atoms with Crippen LogP contribution in [-0.2, 0) is 14.4 Å². The molecule has 5 aliphatic rings. The van der Waals surface area contributed by atoms with Crippen LogP contribution in [0.3, 0.4) is 0 Å². The Bertz CT molecular complexity index is 742. The summed E-state index contributed by atoms with van der Waals surface area (Å²) in [6, 6.07) is 0. The van der Waals surface area contributed by atoms with Crippen LogP contribution in [0.25, 0.3) is 0 Å². The summed E-state index contributed by atoms with van der Waals surface area (Å²) in [5.74, 6) is 4.11. The van der Waals surface area contributed by atoms with Crippen molar-refractivity contribution >= 4 is 18.0 Å². The molecule has 1 heterocycles. The van der Waals surface area contributed by atoms with Crippen LogP contribution in [0.1, 0.15) is 71.6 Å². The molecule has 172 valence electrons. The average molecular weight is 430 g/mol. The van der Waals surface area contributed by atoms with Crippen LogP contribution >= 0.6 is 0 Å². The highest BCUT2D eigenvalue weighted by atomic mass is 16.3. The number of carbonyl (C=O) groups is 3. The van der Waals surface area contributed by atoms with Gasteiger partial charge < -0.3 is 10.4 Å². The van der Waals surface area contributed by atoms with Crippen molar-refractivity contribution in [3.8, 4) is 0 Å². The summed E-state index contributed by atoms with van der Waals surface area (Å²) in [6.45, 7) is 6.66. The average Bonchev–Trinajstić information content (AvgIpc) is 3.36. The summed E-state index contributed by atoms with van der Waals surface area (Å²) in [4.78, 5) is 34.3. The number of ketones is 2. The number of Topliss-reactive ketones (excluding diaryl/α,β-unsaturated/α-hetero) is 2. The predicted molar refractivity (Wildman–Crippen MR) is 119 cm³/mol. The minimum absolute atomic E-state index is 0.125. The second kappa shape index (κ2) is 8.80. The number of carbonyl (C=O) groups excluding carboxylic acids is 2. The Kier molecular flexibility index (Phi) is 6.44. The summed E-state index contributed by atoms with van der Waals surface area (Å²) >= 11 is 0. The van der Waals surface area contributed by atoms with Crippen molar-refractivity contribution in [3.63, 3.8) is 0 Å². The number of carboxylic acid groups (broad SMARTS) is 1. The van der Waals surface area contributed by atoms with Crippen LogP contribution in [0.4, 0.5) is 0 Å². The van der Waals surface area contributed by atoms with E-state index in [4.69, 9.17) is 9.90 Å². The molecule has 0 aromatic rings. The third kappa shape index (κ3) is 3.92. The van der Waals surface area contributed by atoms with E-state index in [-0.39, 0.29) is 23.2 Å². The van der Waals surface area contributed by atoms with Gasteiger partial charge in [0, 0.05) is 30.7 Å². The first-order valence-corrected chi connectivity index (χ1v) is 12.4. The molecule has 31 heavy (non-hydrogen) atoms. The molecule has 5 fully saturated rings. The zero-order chi connectivity index (χ0) is 22.2. The maximum Gasteiger partial charge on any atom is 0.290 e. The minimum Gasteiger partial charge on any atom is -0.483 e. The van der Waals surface area contributed by atoms with E-state index in [0.717, 1.165) is 51.6 Å². The van der Waals surface area contributed by atoms with Gasteiger partial charge in [-0.2, -0.15) is 0 Å².